The van der Waals surface area contributed by atoms with Gasteiger partial charge in [-0.25, -0.2) is 0 Å². The van der Waals surface area contributed by atoms with Crippen molar-refractivity contribution >= 4 is 11.9 Å². The van der Waals surface area contributed by atoms with Crippen LogP contribution in [0.1, 0.15) is 76.6 Å². The highest BCUT2D eigenvalue weighted by Gasteiger charge is 2.18. The minimum Gasteiger partial charge on any atom is -0.469 e. The van der Waals surface area contributed by atoms with Crippen LogP contribution in [0.15, 0.2) is 48.5 Å². The predicted octanol–water partition coefficient (Wildman–Crippen LogP) is 5.96. The number of rotatable bonds is 4. The molecule has 2 aromatic rings. The Balaban J connectivity index is 0.000000311. The number of ether oxygens (including phenoxy) is 2. The fourth-order valence-electron chi connectivity index (χ4n) is 2.95. The van der Waals surface area contributed by atoms with Crippen LogP contribution in [0, 0.1) is 0 Å². The molecule has 0 amide bonds. The Kier molecular flexibility index (Phi) is 9.48. The first-order valence-corrected chi connectivity index (χ1v) is 10.6. The third kappa shape index (κ3) is 8.56. The van der Waals surface area contributed by atoms with Crippen molar-refractivity contribution in [2.75, 3.05) is 14.2 Å². The lowest BCUT2D eigenvalue weighted by Gasteiger charge is -2.19. The van der Waals surface area contributed by atoms with E-state index in [9.17, 15) is 9.59 Å². The molecule has 0 heterocycles. The molecule has 1 atom stereocenters. The van der Waals surface area contributed by atoms with Gasteiger partial charge in [-0.05, 0) is 40.0 Å². The van der Waals surface area contributed by atoms with E-state index in [0.717, 1.165) is 11.1 Å². The Morgan fingerprint density at radius 3 is 1.52 bits per heavy atom. The van der Waals surface area contributed by atoms with Gasteiger partial charge in [0.15, 0.2) is 0 Å². The molecule has 0 saturated carbocycles. The summed E-state index contributed by atoms with van der Waals surface area (Å²) in [6.07, 6.45) is 0.348. The summed E-state index contributed by atoms with van der Waals surface area (Å²) < 4.78 is 9.34. The molecule has 2 aromatic carbocycles. The fourth-order valence-corrected chi connectivity index (χ4v) is 2.95. The van der Waals surface area contributed by atoms with Crippen molar-refractivity contribution in [2.24, 2.45) is 0 Å². The van der Waals surface area contributed by atoms with Crippen LogP contribution in [0.5, 0.6) is 0 Å². The topological polar surface area (TPSA) is 52.6 Å². The normalized spacial score (nSPS) is 12.3. The van der Waals surface area contributed by atoms with Gasteiger partial charge in [0, 0.05) is 0 Å². The zero-order chi connectivity index (χ0) is 23.8. The Morgan fingerprint density at radius 2 is 1.16 bits per heavy atom. The number of esters is 2. The molecule has 0 radical (unpaired) electrons. The van der Waals surface area contributed by atoms with Crippen molar-refractivity contribution in [3.05, 3.63) is 70.8 Å². The van der Waals surface area contributed by atoms with E-state index in [-0.39, 0.29) is 28.7 Å². The Bertz CT molecular complexity index is 835. The van der Waals surface area contributed by atoms with Crippen LogP contribution in [-0.2, 0) is 36.3 Å². The fraction of sp³-hybridized carbons (Fsp3) is 0.481. The van der Waals surface area contributed by atoms with Crippen LogP contribution >= 0.6 is 0 Å². The number of benzene rings is 2. The third-order valence-electron chi connectivity index (χ3n) is 5.23. The second-order valence-electron chi connectivity index (χ2n) is 9.82. The quantitative estimate of drug-likeness (QED) is 0.566. The first-order valence-electron chi connectivity index (χ1n) is 10.6. The van der Waals surface area contributed by atoms with E-state index in [2.05, 4.69) is 70.5 Å². The highest BCUT2D eigenvalue weighted by molar-refractivity contribution is 5.77. The lowest BCUT2D eigenvalue weighted by molar-refractivity contribution is -0.142. The molecule has 0 spiro atoms. The second-order valence-corrected chi connectivity index (χ2v) is 9.82. The van der Waals surface area contributed by atoms with Gasteiger partial charge in [-0.15, -0.1) is 0 Å². The van der Waals surface area contributed by atoms with Crippen molar-refractivity contribution in [3.8, 4) is 0 Å². The first kappa shape index (κ1) is 26.4. The highest BCUT2D eigenvalue weighted by Crippen LogP contribution is 2.25. The third-order valence-corrected chi connectivity index (χ3v) is 5.23. The molecule has 0 aliphatic rings. The van der Waals surface area contributed by atoms with Crippen LogP contribution in [0.25, 0.3) is 0 Å². The maximum Gasteiger partial charge on any atom is 0.312 e. The van der Waals surface area contributed by atoms with Gasteiger partial charge < -0.3 is 9.47 Å². The molecular weight excluding hydrogens is 388 g/mol. The number of hydrogen-bond acceptors (Lipinski definition) is 4. The van der Waals surface area contributed by atoms with Crippen LogP contribution in [0.4, 0.5) is 0 Å². The molecule has 0 aliphatic heterocycles. The van der Waals surface area contributed by atoms with Crippen LogP contribution in [-0.4, -0.2) is 26.2 Å². The zero-order valence-corrected chi connectivity index (χ0v) is 20.5. The van der Waals surface area contributed by atoms with E-state index in [1.54, 1.807) is 0 Å². The molecule has 0 fully saturated rings. The summed E-state index contributed by atoms with van der Waals surface area (Å²) in [6.45, 7) is 14.9. The van der Waals surface area contributed by atoms with Gasteiger partial charge in [0.25, 0.3) is 0 Å². The standard InChI is InChI=1S/C14H20O2.C13H18O2/c1-10(13(15)16-5)11-6-8-12(9-7-11)14(2,3)4;1-13(2,3)11-7-5-10(6-8-11)9-12(14)15-4/h6-10H,1-5H3;5-8H,9H2,1-4H3. The van der Waals surface area contributed by atoms with E-state index in [0.29, 0.717) is 6.42 Å². The number of carbonyl (C=O) groups is 2. The maximum atomic E-state index is 11.4. The van der Waals surface area contributed by atoms with Crippen LogP contribution in [0.2, 0.25) is 0 Å². The molecule has 2 rings (SSSR count). The summed E-state index contributed by atoms with van der Waals surface area (Å²) >= 11 is 0. The SMILES string of the molecule is COC(=O)C(C)c1ccc(C(C)(C)C)cc1.COC(=O)Cc1ccc(C(C)(C)C)cc1. The molecule has 0 bridgehead atoms. The Hall–Kier alpha value is -2.62. The summed E-state index contributed by atoms with van der Waals surface area (Å²) in [7, 11) is 2.83. The summed E-state index contributed by atoms with van der Waals surface area (Å²) in [5.41, 5.74) is 4.84. The molecular formula is C27H38O4. The largest absolute Gasteiger partial charge is 0.469 e. The van der Waals surface area contributed by atoms with E-state index >= 15 is 0 Å². The highest BCUT2D eigenvalue weighted by atomic mass is 16.5. The summed E-state index contributed by atoms with van der Waals surface area (Å²) in [6, 6.07) is 16.3. The minimum atomic E-state index is -0.196. The molecule has 31 heavy (non-hydrogen) atoms. The van der Waals surface area contributed by atoms with Gasteiger partial charge in [-0.1, -0.05) is 90.1 Å². The van der Waals surface area contributed by atoms with E-state index in [4.69, 9.17) is 4.74 Å². The molecule has 0 saturated heterocycles. The van der Waals surface area contributed by atoms with Gasteiger partial charge in [0.05, 0.1) is 26.6 Å². The maximum absolute atomic E-state index is 11.4. The average molecular weight is 427 g/mol. The van der Waals surface area contributed by atoms with E-state index < -0.39 is 0 Å². The molecule has 1 unspecified atom stereocenters. The van der Waals surface area contributed by atoms with Gasteiger partial charge in [0.2, 0.25) is 0 Å². The van der Waals surface area contributed by atoms with Gasteiger partial charge in [0.1, 0.15) is 0 Å². The van der Waals surface area contributed by atoms with Crippen molar-refractivity contribution in [3.63, 3.8) is 0 Å². The number of carbonyl (C=O) groups excluding carboxylic acids is 2. The molecule has 0 aliphatic carbocycles. The molecule has 0 N–H and O–H groups in total. The van der Waals surface area contributed by atoms with Crippen molar-refractivity contribution in [1.29, 1.82) is 0 Å². The lowest BCUT2D eigenvalue weighted by Crippen LogP contribution is -2.13. The molecule has 0 aromatic heterocycles. The lowest BCUT2D eigenvalue weighted by atomic mass is 9.86. The van der Waals surface area contributed by atoms with Crippen LogP contribution < -0.4 is 0 Å². The molecule has 4 nitrogen and oxygen atoms in total. The first-order chi connectivity index (χ1) is 14.3. The number of methoxy groups -OCH3 is 2. The molecule has 170 valence electrons. The van der Waals surface area contributed by atoms with E-state index in [1.165, 1.54) is 25.3 Å². The predicted molar refractivity (Wildman–Crippen MR) is 126 cm³/mol. The smallest absolute Gasteiger partial charge is 0.312 e. The summed E-state index contributed by atoms with van der Waals surface area (Å²) in [4.78, 5) is 22.4. The monoisotopic (exact) mass is 426 g/mol. The van der Waals surface area contributed by atoms with Gasteiger partial charge in [-0.3, -0.25) is 9.59 Å². The Morgan fingerprint density at radius 1 is 0.742 bits per heavy atom. The zero-order valence-electron chi connectivity index (χ0n) is 20.5. The van der Waals surface area contributed by atoms with Crippen molar-refractivity contribution in [1.82, 2.24) is 0 Å². The Labute approximate surface area is 188 Å². The van der Waals surface area contributed by atoms with Crippen molar-refractivity contribution < 1.29 is 19.1 Å². The van der Waals surface area contributed by atoms with Gasteiger partial charge >= 0.3 is 11.9 Å². The molecule has 4 heteroatoms. The summed E-state index contributed by atoms with van der Waals surface area (Å²) in [5.74, 6) is -0.582. The second kappa shape index (κ2) is 11.1. The van der Waals surface area contributed by atoms with Crippen LogP contribution in [0.3, 0.4) is 0 Å². The van der Waals surface area contributed by atoms with Crippen molar-refractivity contribution in [2.45, 2.75) is 71.6 Å². The van der Waals surface area contributed by atoms with Gasteiger partial charge in [-0.2, -0.15) is 0 Å². The average Bonchev–Trinajstić information content (AvgIpc) is 2.72. The summed E-state index contributed by atoms with van der Waals surface area (Å²) in [5, 5.41) is 0. The van der Waals surface area contributed by atoms with E-state index in [1.807, 2.05) is 31.2 Å². The number of hydrogen-bond donors (Lipinski definition) is 0. The minimum absolute atomic E-state index is 0.146.